The molecule has 4 heteroatoms. The monoisotopic (exact) mass is 247 g/mol. The van der Waals surface area contributed by atoms with Crippen LogP contribution in [0.4, 0.5) is 5.69 Å². The number of carbonyl (C=O) groups is 1. The highest BCUT2D eigenvalue weighted by Gasteiger charge is 2.21. The molecule has 96 valence electrons. The topological polar surface area (TPSA) is 47.6 Å². The summed E-state index contributed by atoms with van der Waals surface area (Å²) in [5.74, 6) is 0.652. The fraction of sp³-hybridized carbons (Fsp3) is 0.357. The minimum absolute atomic E-state index is 0.0141. The Hall–Kier alpha value is -1.97. The Balaban J connectivity index is 1.85. The highest BCUT2D eigenvalue weighted by molar-refractivity contribution is 5.90. The van der Waals surface area contributed by atoms with Crippen LogP contribution in [0.15, 0.2) is 36.8 Å². The molecule has 4 nitrogen and oxygen atoms in total. The molecule has 2 rings (SSSR count). The average molecular weight is 247 g/mol. The van der Waals surface area contributed by atoms with Crippen molar-refractivity contribution >= 4 is 11.6 Å². The Morgan fingerprint density at radius 3 is 3.00 bits per heavy atom. The Morgan fingerprint density at radius 2 is 2.28 bits per heavy atom. The van der Waals surface area contributed by atoms with Crippen molar-refractivity contribution in [3.8, 4) is 5.75 Å². The van der Waals surface area contributed by atoms with Gasteiger partial charge in [-0.2, -0.15) is 0 Å². The van der Waals surface area contributed by atoms with Crippen molar-refractivity contribution < 1.29 is 14.3 Å². The molecule has 0 unspecified atom stereocenters. The summed E-state index contributed by atoms with van der Waals surface area (Å²) >= 11 is 0. The van der Waals surface area contributed by atoms with E-state index in [4.69, 9.17) is 9.47 Å². The van der Waals surface area contributed by atoms with Gasteiger partial charge in [0.25, 0.3) is 0 Å². The zero-order valence-corrected chi connectivity index (χ0v) is 10.4. The second kappa shape index (κ2) is 6.10. The van der Waals surface area contributed by atoms with Gasteiger partial charge in [0.05, 0.1) is 6.10 Å². The molecule has 0 saturated heterocycles. The number of rotatable bonds is 6. The van der Waals surface area contributed by atoms with Crippen LogP contribution in [-0.2, 0) is 9.53 Å². The van der Waals surface area contributed by atoms with Crippen molar-refractivity contribution in [3.63, 3.8) is 0 Å². The van der Waals surface area contributed by atoms with Crippen LogP contribution in [0.5, 0.6) is 5.75 Å². The first-order valence-electron chi connectivity index (χ1n) is 6.15. The molecule has 0 bridgehead atoms. The van der Waals surface area contributed by atoms with Gasteiger partial charge in [-0.3, -0.25) is 4.79 Å². The summed E-state index contributed by atoms with van der Waals surface area (Å²) in [5, 5.41) is 2.78. The van der Waals surface area contributed by atoms with Gasteiger partial charge < -0.3 is 14.8 Å². The van der Waals surface area contributed by atoms with Gasteiger partial charge in [-0.05, 0) is 25.0 Å². The molecule has 18 heavy (non-hydrogen) atoms. The van der Waals surface area contributed by atoms with Gasteiger partial charge in [0, 0.05) is 18.2 Å². The van der Waals surface area contributed by atoms with Gasteiger partial charge in [0.1, 0.15) is 18.3 Å². The summed E-state index contributed by atoms with van der Waals surface area (Å²) in [6, 6.07) is 7.25. The van der Waals surface area contributed by atoms with Crippen molar-refractivity contribution in [1.82, 2.24) is 0 Å². The van der Waals surface area contributed by atoms with Gasteiger partial charge >= 0.3 is 0 Å². The van der Waals surface area contributed by atoms with E-state index < -0.39 is 0 Å². The second-order valence-corrected chi connectivity index (χ2v) is 4.16. The van der Waals surface area contributed by atoms with E-state index in [0.29, 0.717) is 18.3 Å². The number of anilines is 1. The number of hydrogen-bond acceptors (Lipinski definition) is 3. The molecule has 1 aliphatic carbocycles. The highest BCUT2D eigenvalue weighted by Crippen LogP contribution is 2.23. The van der Waals surface area contributed by atoms with Crippen LogP contribution in [-0.4, -0.2) is 12.0 Å². The fourth-order valence-electron chi connectivity index (χ4n) is 1.35. The van der Waals surface area contributed by atoms with E-state index in [2.05, 4.69) is 5.32 Å². The molecule has 1 aromatic rings. The van der Waals surface area contributed by atoms with E-state index in [1.807, 2.05) is 25.1 Å². The molecule has 1 N–H and O–H groups in total. The van der Waals surface area contributed by atoms with Gasteiger partial charge in [-0.25, -0.2) is 0 Å². The molecule has 0 aliphatic heterocycles. The van der Waals surface area contributed by atoms with Crippen LogP contribution in [0, 0.1) is 0 Å². The minimum atomic E-state index is -0.0141. The highest BCUT2D eigenvalue weighted by atomic mass is 16.5. The first-order chi connectivity index (χ1) is 8.78. The Labute approximate surface area is 107 Å². The summed E-state index contributed by atoms with van der Waals surface area (Å²) in [6.45, 7) is 1.81. The maximum Gasteiger partial charge on any atom is 0.224 e. The molecule has 0 aromatic heterocycles. The van der Waals surface area contributed by atoms with E-state index in [1.165, 1.54) is 6.26 Å². The van der Waals surface area contributed by atoms with Crippen LogP contribution < -0.4 is 10.1 Å². The Bertz CT molecular complexity index is 438. The van der Waals surface area contributed by atoms with Crippen LogP contribution in [0.25, 0.3) is 0 Å². The second-order valence-electron chi connectivity index (χ2n) is 4.16. The number of benzene rings is 1. The molecule has 1 amide bonds. The summed E-state index contributed by atoms with van der Waals surface area (Å²) < 4.78 is 10.7. The van der Waals surface area contributed by atoms with Crippen LogP contribution in [0.1, 0.15) is 26.2 Å². The number of amides is 1. The lowest BCUT2D eigenvalue weighted by Crippen LogP contribution is -2.09. The molecule has 1 aromatic carbocycles. The maximum absolute atomic E-state index is 11.2. The number of carbonyl (C=O) groups excluding carboxylic acids is 1. The third-order valence-electron chi connectivity index (χ3n) is 2.49. The third kappa shape index (κ3) is 4.13. The lowest BCUT2D eigenvalue weighted by Gasteiger charge is -2.05. The van der Waals surface area contributed by atoms with Crippen molar-refractivity contribution in [2.45, 2.75) is 32.3 Å². The largest absolute Gasteiger partial charge is 0.495 e. The minimum Gasteiger partial charge on any atom is -0.495 e. The SMILES string of the molecule is CCC(=O)Nc1cccc(O/C=C/OC2CC2)c1. The Morgan fingerprint density at radius 1 is 1.44 bits per heavy atom. The van der Waals surface area contributed by atoms with Crippen LogP contribution >= 0.6 is 0 Å². The zero-order valence-electron chi connectivity index (χ0n) is 10.4. The molecular formula is C14H17NO3. The van der Waals surface area contributed by atoms with E-state index in [9.17, 15) is 4.79 Å². The van der Waals surface area contributed by atoms with Gasteiger partial charge in [0.15, 0.2) is 0 Å². The zero-order chi connectivity index (χ0) is 12.8. The fourth-order valence-corrected chi connectivity index (χ4v) is 1.35. The van der Waals surface area contributed by atoms with Crippen LogP contribution in [0.2, 0.25) is 0 Å². The Kier molecular flexibility index (Phi) is 4.23. The van der Waals surface area contributed by atoms with Crippen LogP contribution in [0.3, 0.4) is 0 Å². The summed E-state index contributed by atoms with van der Waals surface area (Å²) in [7, 11) is 0. The lowest BCUT2D eigenvalue weighted by molar-refractivity contribution is -0.115. The molecule has 0 radical (unpaired) electrons. The molecule has 0 heterocycles. The number of nitrogens with one attached hydrogen (secondary N) is 1. The van der Waals surface area contributed by atoms with Crippen molar-refractivity contribution in [2.24, 2.45) is 0 Å². The predicted molar refractivity (Wildman–Crippen MR) is 69.2 cm³/mol. The number of ether oxygens (including phenoxy) is 2. The van der Waals surface area contributed by atoms with Crippen molar-refractivity contribution in [3.05, 3.63) is 36.8 Å². The molecular weight excluding hydrogens is 230 g/mol. The van der Waals surface area contributed by atoms with Gasteiger partial charge in [0.2, 0.25) is 5.91 Å². The quantitative estimate of drug-likeness (QED) is 0.786. The van der Waals surface area contributed by atoms with Crippen molar-refractivity contribution in [1.29, 1.82) is 0 Å². The predicted octanol–water partition coefficient (Wildman–Crippen LogP) is 3.06. The van der Waals surface area contributed by atoms with E-state index >= 15 is 0 Å². The van der Waals surface area contributed by atoms with E-state index in [0.717, 1.165) is 18.5 Å². The first-order valence-corrected chi connectivity index (χ1v) is 6.15. The maximum atomic E-state index is 11.2. The molecule has 1 fully saturated rings. The normalized spacial score (nSPS) is 14.5. The molecule has 0 spiro atoms. The first kappa shape index (κ1) is 12.5. The molecule has 1 saturated carbocycles. The third-order valence-corrected chi connectivity index (χ3v) is 2.49. The summed E-state index contributed by atoms with van der Waals surface area (Å²) in [4.78, 5) is 11.2. The standard InChI is InChI=1S/C14H17NO3/c1-2-14(16)15-11-4-3-5-13(10-11)18-9-8-17-12-6-7-12/h3-5,8-10,12H,2,6-7H2,1H3,(H,15,16)/b9-8+. The van der Waals surface area contributed by atoms with E-state index in [1.54, 1.807) is 12.3 Å². The van der Waals surface area contributed by atoms with Gasteiger partial charge in [-0.15, -0.1) is 0 Å². The average Bonchev–Trinajstić information content (AvgIpc) is 3.19. The molecule has 1 aliphatic rings. The van der Waals surface area contributed by atoms with Crippen molar-refractivity contribution in [2.75, 3.05) is 5.32 Å². The smallest absolute Gasteiger partial charge is 0.224 e. The lowest BCUT2D eigenvalue weighted by atomic mass is 10.3. The number of hydrogen-bond donors (Lipinski definition) is 1. The summed E-state index contributed by atoms with van der Waals surface area (Å²) in [5.41, 5.74) is 0.732. The summed E-state index contributed by atoms with van der Waals surface area (Å²) in [6.07, 6.45) is 6.17. The van der Waals surface area contributed by atoms with Gasteiger partial charge in [-0.1, -0.05) is 13.0 Å². The van der Waals surface area contributed by atoms with E-state index in [-0.39, 0.29) is 5.91 Å². The molecule has 0 atom stereocenters.